The number of rotatable bonds is 8. The highest BCUT2D eigenvalue weighted by molar-refractivity contribution is 7.69. The van der Waals surface area contributed by atoms with Crippen LogP contribution in [0.25, 0.3) is 0 Å². The number of ether oxygens (including phenoxy) is 2. The van der Waals surface area contributed by atoms with Gasteiger partial charge in [0, 0.05) is 26.6 Å². The zero-order valence-corrected chi connectivity index (χ0v) is 11.4. The minimum Gasteiger partial charge on any atom is -0.463 e. The van der Waals surface area contributed by atoms with Gasteiger partial charge in [-0.05, 0) is 12.1 Å². The Hall–Kier alpha value is -1.06. The standard InChI is InChI=1S/C9H19N3O5S/c1-3-15-8(6-12(2)18(13)14)4-5-16-9-10-7-17-11-9/h8,18H,3-7H2,1-2H3,(H,10,11)/t8-/m0/s1. The first kappa shape index (κ1) is 15.0. The monoisotopic (exact) mass is 281 g/mol. The number of likely N-dealkylation sites (N-methyl/N-ethyl adjacent to an activating group) is 1. The molecule has 18 heavy (non-hydrogen) atoms. The highest BCUT2D eigenvalue weighted by Crippen LogP contribution is 2.03. The van der Waals surface area contributed by atoms with Gasteiger partial charge < -0.3 is 19.6 Å². The van der Waals surface area contributed by atoms with Crippen LogP contribution in [-0.4, -0.2) is 58.4 Å². The normalized spacial score (nSPS) is 16.3. The third-order valence-electron chi connectivity index (χ3n) is 2.26. The van der Waals surface area contributed by atoms with Crippen molar-refractivity contribution in [3.8, 4) is 0 Å². The molecule has 1 N–H and O–H groups in total. The maximum atomic E-state index is 10.8. The minimum absolute atomic E-state index is 0.198. The molecular formula is C9H19N3O5S. The van der Waals surface area contributed by atoms with E-state index in [1.807, 2.05) is 6.92 Å². The molecule has 0 spiro atoms. The Morgan fingerprint density at radius 1 is 1.61 bits per heavy atom. The van der Waals surface area contributed by atoms with Crippen molar-refractivity contribution in [1.29, 1.82) is 0 Å². The molecule has 0 saturated carbocycles. The quantitative estimate of drug-likeness (QED) is 0.561. The Morgan fingerprint density at radius 3 is 2.94 bits per heavy atom. The topological polar surface area (TPSA) is 89.5 Å². The van der Waals surface area contributed by atoms with Gasteiger partial charge in [0.25, 0.3) is 0 Å². The molecule has 8 nitrogen and oxygen atoms in total. The highest BCUT2D eigenvalue weighted by atomic mass is 32.2. The van der Waals surface area contributed by atoms with E-state index in [0.717, 1.165) is 0 Å². The molecule has 0 aromatic rings. The van der Waals surface area contributed by atoms with Crippen molar-refractivity contribution in [3.63, 3.8) is 0 Å². The van der Waals surface area contributed by atoms with E-state index in [1.54, 1.807) is 0 Å². The van der Waals surface area contributed by atoms with Crippen molar-refractivity contribution in [3.05, 3.63) is 0 Å². The summed E-state index contributed by atoms with van der Waals surface area (Å²) in [5, 5.41) is 6.38. The second-order valence-electron chi connectivity index (χ2n) is 3.64. The fourth-order valence-corrected chi connectivity index (χ4v) is 1.72. The Labute approximate surface area is 108 Å². The molecule has 9 heteroatoms. The summed E-state index contributed by atoms with van der Waals surface area (Å²) in [4.78, 5) is 4.69. The van der Waals surface area contributed by atoms with E-state index in [0.29, 0.717) is 38.9 Å². The average Bonchev–Trinajstić information content (AvgIpc) is 2.82. The lowest BCUT2D eigenvalue weighted by Crippen LogP contribution is -2.32. The van der Waals surface area contributed by atoms with Gasteiger partial charge in [-0.1, -0.05) is 0 Å². The van der Waals surface area contributed by atoms with E-state index in [-0.39, 0.29) is 6.10 Å². The molecule has 1 aliphatic heterocycles. The largest absolute Gasteiger partial charge is 0.463 e. The van der Waals surface area contributed by atoms with Crippen molar-refractivity contribution < 1.29 is 22.7 Å². The third-order valence-corrected chi connectivity index (χ3v) is 2.98. The molecule has 0 fully saturated rings. The van der Waals surface area contributed by atoms with Crippen molar-refractivity contribution in [2.75, 3.05) is 33.5 Å². The second-order valence-corrected chi connectivity index (χ2v) is 4.80. The Kier molecular flexibility index (Phi) is 6.76. The molecule has 0 amide bonds. The van der Waals surface area contributed by atoms with Gasteiger partial charge in [0.1, 0.15) is 0 Å². The second kappa shape index (κ2) is 8.11. The molecule has 0 aromatic carbocycles. The van der Waals surface area contributed by atoms with Crippen LogP contribution in [-0.2, 0) is 25.2 Å². The molecule has 106 valence electrons. The number of amidine groups is 1. The molecule has 1 aliphatic rings. The SMILES string of the molecule is CCO[C@@H](CCOC1=NOCN1)CN(C)[SH](=O)=O. The molecule has 0 bridgehead atoms. The zero-order valence-electron chi connectivity index (χ0n) is 10.5. The van der Waals surface area contributed by atoms with Gasteiger partial charge in [0.05, 0.1) is 12.7 Å². The maximum Gasteiger partial charge on any atom is 0.326 e. The van der Waals surface area contributed by atoms with E-state index in [9.17, 15) is 8.42 Å². The van der Waals surface area contributed by atoms with Gasteiger partial charge >= 0.3 is 6.02 Å². The van der Waals surface area contributed by atoms with Crippen molar-refractivity contribution in [1.82, 2.24) is 9.62 Å². The van der Waals surface area contributed by atoms with Gasteiger partial charge in [-0.15, -0.1) is 0 Å². The van der Waals surface area contributed by atoms with E-state index in [2.05, 4.69) is 10.5 Å². The van der Waals surface area contributed by atoms with Crippen molar-refractivity contribution in [2.24, 2.45) is 5.16 Å². The lowest BCUT2D eigenvalue weighted by molar-refractivity contribution is 0.0362. The van der Waals surface area contributed by atoms with Crippen molar-refractivity contribution in [2.45, 2.75) is 19.4 Å². The lowest BCUT2D eigenvalue weighted by Gasteiger charge is -2.20. The average molecular weight is 281 g/mol. The highest BCUT2D eigenvalue weighted by Gasteiger charge is 2.14. The first-order valence-corrected chi connectivity index (χ1v) is 6.80. The zero-order chi connectivity index (χ0) is 13.4. The summed E-state index contributed by atoms with van der Waals surface area (Å²) < 4.78 is 33.5. The Morgan fingerprint density at radius 2 is 2.39 bits per heavy atom. The summed E-state index contributed by atoms with van der Waals surface area (Å²) in [5.74, 6) is 0. The molecule has 0 aromatic heterocycles. The van der Waals surface area contributed by atoms with Crippen LogP contribution in [0.1, 0.15) is 13.3 Å². The van der Waals surface area contributed by atoms with Gasteiger partial charge in [0.2, 0.25) is 10.9 Å². The van der Waals surface area contributed by atoms with Gasteiger partial charge in [-0.2, -0.15) is 0 Å². The van der Waals surface area contributed by atoms with E-state index < -0.39 is 10.9 Å². The Bertz CT molecular complexity index is 339. The van der Waals surface area contributed by atoms with Crippen LogP contribution in [0.15, 0.2) is 5.16 Å². The maximum absolute atomic E-state index is 10.8. The molecule has 0 radical (unpaired) electrons. The number of thiol groups is 1. The Balaban J connectivity index is 2.28. The predicted octanol–water partition coefficient (Wildman–Crippen LogP) is -0.895. The molecular weight excluding hydrogens is 262 g/mol. The van der Waals surface area contributed by atoms with Crippen LogP contribution in [0.3, 0.4) is 0 Å². The summed E-state index contributed by atoms with van der Waals surface area (Å²) in [6.07, 6.45) is 0.373. The van der Waals surface area contributed by atoms with E-state index >= 15 is 0 Å². The number of hydrogen-bond donors (Lipinski definition) is 2. The van der Waals surface area contributed by atoms with Crippen molar-refractivity contribution >= 4 is 16.9 Å². The van der Waals surface area contributed by atoms with Crippen LogP contribution in [0.4, 0.5) is 0 Å². The summed E-state index contributed by atoms with van der Waals surface area (Å²) in [6.45, 7) is 3.39. The van der Waals surface area contributed by atoms with Crippen LogP contribution < -0.4 is 5.32 Å². The molecule has 1 rings (SSSR count). The summed E-state index contributed by atoms with van der Waals surface area (Å²) in [6, 6.07) is 0.341. The van der Waals surface area contributed by atoms with E-state index in [1.165, 1.54) is 11.4 Å². The van der Waals surface area contributed by atoms with Crippen LogP contribution in [0.5, 0.6) is 0 Å². The van der Waals surface area contributed by atoms with Crippen LogP contribution in [0.2, 0.25) is 0 Å². The minimum atomic E-state index is -2.57. The predicted molar refractivity (Wildman–Crippen MR) is 65.5 cm³/mol. The first-order valence-electron chi connectivity index (χ1n) is 5.67. The molecule has 0 saturated heterocycles. The molecule has 0 unspecified atom stereocenters. The van der Waals surface area contributed by atoms with Crippen LogP contribution >= 0.6 is 0 Å². The van der Waals surface area contributed by atoms with Gasteiger partial charge in [-0.25, -0.2) is 12.7 Å². The number of nitrogens with one attached hydrogen (secondary N) is 1. The van der Waals surface area contributed by atoms with Gasteiger partial charge in [0.15, 0.2) is 6.73 Å². The first-order chi connectivity index (χ1) is 8.63. The molecule has 0 aliphatic carbocycles. The fraction of sp³-hybridized carbons (Fsp3) is 0.889. The van der Waals surface area contributed by atoms with Crippen LogP contribution in [0, 0.1) is 0 Å². The smallest absolute Gasteiger partial charge is 0.326 e. The van der Waals surface area contributed by atoms with Gasteiger partial charge in [-0.3, -0.25) is 0 Å². The summed E-state index contributed by atoms with van der Waals surface area (Å²) in [5.41, 5.74) is 0. The third kappa shape index (κ3) is 5.52. The van der Waals surface area contributed by atoms with E-state index in [4.69, 9.17) is 14.3 Å². The lowest BCUT2D eigenvalue weighted by atomic mass is 10.2. The number of hydrogen-bond acceptors (Lipinski definition) is 7. The molecule has 1 atom stereocenters. The number of oxime groups is 1. The molecule has 1 heterocycles. The summed E-state index contributed by atoms with van der Waals surface area (Å²) >= 11 is 0. The number of nitrogens with zero attached hydrogens (tertiary/aromatic N) is 2. The fourth-order valence-electron chi connectivity index (χ4n) is 1.41. The summed E-state index contributed by atoms with van der Waals surface area (Å²) in [7, 11) is -1.06.